The summed E-state index contributed by atoms with van der Waals surface area (Å²) in [5, 5.41) is 9.23. The van der Waals surface area contributed by atoms with Crippen molar-refractivity contribution in [1.82, 2.24) is 0 Å². The molecule has 0 bridgehead atoms. The number of phenolic OH excluding ortho intramolecular Hbond substituents is 1. The molecule has 0 aliphatic rings. The van der Waals surface area contributed by atoms with Crippen molar-refractivity contribution < 1.29 is 17.9 Å². The lowest BCUT2D eigenvalue weighted by Crippen LogP contribution is -2.26. The van der Waals surface area contributed by atoms with Crippen molar-refractivity contribution in [3.63, 3.8) is 0 Å². The second kappa shape index (κ2) is 5.71. The van der Waals surface area contributed by atoms with Crippen LogP contribution in [0.5, 0.6) is 5.75 Å². The summed E-state index contributed by atoms with van der Waals surface area (Å²) in [6.45, 7) is -0.0852. The van der Waals surface area contributed by atoms with E-state index >= 15 is 0 Å². The van der Waals surface area contributed by atoms with Crippen LogP contribution < -0.4 is 10.0 Å². The van der Waals surface area contributed by atoms with Crippen LogP contribution in [0.4, 0.5) is 10.1 Å². The van der Waals surface area contributed by atoms with Crippen LogP contribution in [-0.4, -0.2) is 20.6 Å². The smallest absolute Gasteiger partial charge is 0.264 e. The molecule has 0 fully saturated rings. The minimum Gasteiger partial charge on any atom is -0.508 e. The summed E-state index contributed by atoms with van der Waals surface area (Å²) in [4.78, 5) is -0.0417. The summed E-state index contributed by atoms with van der Waals surface area (Å²) in [5.74, 6) is -0.500. The van der Waals surface area contributed by atoms with Gasteiger partial charge in [0.15, 0.2) is 0 Å². The van der Waals surface area contributed by atoms with Gasteiger partial charge in [0.25, 0.3) is 10.0 Å². The maximum Gasteiger partial charge on any atom is 0.264 e. The van der Waals surface area contributed by atoms with Crippen LogP contribution in [0.1, 0.15) is 5.56 Å². The quantitative estimate of drug-likeness (QED) is 0.902. The van der Waals surface area contributed by atoms with Crippen molar-refractivity contribution in [2.45, 2.75) is 11.4 Å². The van der Waals surface area contributed by atoms with Gasteiger partial charge in [-0.3, -0.25) is 4.31 Å². The zero-order valence-corrected chi connectivity index (χ0v) is 12.1. The monoisotopic (exact) mass is 310 g/mol. The molecule has 7 heteroatoms. The van der Waals surface area contributed by atoms with Gasteiger partial charge >= 0.3 is 0 Å². The lowest BCUT2D eigenvalue weighted by Gasteiger charge is -2.20. The zero-order chi connectivity index (χ0) is 15.6. The normalized spacial score (nSPS) is 11.4. The Hall–Kier alpha value is -2.12. The molecule has 0 unspecified atom stereocenters. The maximum absolute atomic E-state index is 13.4. The molecule has 0 spiro atoms. The lowest BCUT2D eigenvalue weighted by molar-refractivity contribution is 0.475. The predicted molar refractivity (Wildman–Crippen MR) is 78.0 cm³/mol. The summed E-state index contributed by atoms with van der Waals surface area (Å²) in [5.41, 5.74) is 5.91. The predicted octanol–water partition coefficient (Wildman–Crippen LogP) is 1.82. The van der Waals surface area contributed by atoms with Crippen LogP contribution in [0.3, 0.4) is 0 Å². The number of benzene rings is 2. The van der Waals surface area contributed by atoms with Crippen molar-refractivity contribution in [3.8, 4) is 5.75 Å². The minimum absolute atomic E-state index is 0.0387. The van der Waals surface area contributed by atoms with Gasteiger partial charge in [0.2, 0.25) is 0 Å². The fraction of sp³-hybridized carbons (Fsp3) is 0.143. The fourth-order valence-electron chi connectivity index (χ4n) is 1.83. The van der Waals surface area contributed by atoms with Gasteiger partial charge in [-0.2, -0.15) is 0 Å². The Morgan fingerprint density at radius 1 is 1.19 bits per heavy atom. The van der Waals surface area contributed by atoms with E-state index in [0.29, 0.717) is 5.69 Å². The third kappa shape index (κ3) is 2.98. The van der Waals surface area contributed by atoms with E-state index in [1.54, 1.807) is 0 Å². The number of hydrogen-bond acceptors (Lipinski definition) is 4. The molecule has 3 N–H and O–H groups in total. The first-order chi connectivity index (χ1) is 9.86. The topological polar surface area (TPSA) is 83.6 Å². The van der Waals surface area contributed by atoms with Crippen molar-refractivity contribution in [3.05, 3.63) is 53.8 Å². The first-order valence-electron chi connectivity index (χ1n) is 6.12. The zero-order valence-electron chi connectivity index (χ0n) is 11.3. The summed E-state index contributed by atoms with van der Waals surface area (Å²) < 4.78 is 39.5. The fourth-order valence-corrected chi connectivity index (χ4v) is 3.07. The highest BCUT2D eigenvalue weighted by Gasteiger charge is 2.22. The number of aromatic hydroxyl groups is 1. The van der Waals surface area contributed by atoms with E-state index in [1.807, 2.05) is 0 Å². The molecule has 0 aromatic heterocycles. The van der Waals surface area contributed by atoms with Crippen molar-refractivity contribution in [1.29, 1.82) is 0 Å². The van der Waals surface area contributed by atoms with Crippen molar-refractivity contribution in [2.24, 2.45) is 5.73 Å². The van der Waals surface area contributed by atoms with Crippen molar-refractivity contribution >= 4 is 15.7 Å². The maximum atomic E-state index is 13.4. The molecule has 21 heavy (non-hydrogen) atoms. The van der Waals surface area contributed by atoms with E-state index in [2.05, 4.69) is 0 Å². The van der Waals surface area contributed by atoms with E-state index in [9.17, 15) is 17.9 Å². The Balaban J connectivity index is 2.43. The number of nitrogens with zero attached hydrogens (tertiary/aromatic N) is 1. The summed E-state index contributed by atoms with van der Waals surface area (Å²) in [6.07, 6.45) is 0. The molecule has 0 amide bonds. The first kappa shape index (κ1) is 15.3. The third-order valence-corrected chi connectivity index (χ3v) is 4.89. The number of hydrogen-bond donors (Lipinski definition) is 2. The Kier molecular flexibility index (Phi) is 4.15. The molecule has 5 nitrogen and oxygen atoms in total. The molecule has 0 radical (unpaired) electrons. The molecule has 0 saturated carbocycles. The number of nitrogens with two attached hydrogens (primary N) is 1. The van der Waals surface area contributed by atoms with E-state index in [1.165, 1.54) is 43.4 Å². The molecule has 0 aliphatic carbocycles. The molecule has 112 valence electrons. The molecular weight excluding hydrogens is 295 g/mol. The first-order valence-corrected chi connectivity index (χ1v) is 7.56. The molecule has 2 aromatic rings. The Morgan fingerprint density at radius 3 is 2.38 bits per heavy atom. The average molecular weight is 310 g/mol. The largest absolute Gasteiger partial charge is 0.508 e. The van der Waals surface area contributed by atoms with Crippen LogP contribution in [-0.2, 0) is 16.6 Å². The van der Waals surface area contributed by atoms with Crippen LogP contribution in [0.15, 0.2) is 47.4 Å². The number of rotatable bonds is 4. The van der Waals surface area contributed by atoms with Crippen molar-refractivity contribution in [2.75, 3.05) is 11.4 Å². The number of anilines is 1. The highest BCUT2D eigenvalue weighted by atomic mass is 32.2. The van der Waals surface area contributed by atoms with E-state index < -0.39 is 15.8 Å². The second-order valence-electron chi connectivity index (χ2n) is 4.45. The molecule has 0 saturated heterocycles. The van der Waals surface area contributed by atoms with E-state index in [-0.39, 0.29) is 22.8 Å². The highest BCUT2D eigenvalue weighted by Crippen LogP contribution is 2.24. The van der Waals surface area contributed by atoms with Crippen LogP contribution in [0, 0.1) is 5.82 Å². The highest BCUT2D eigenvalue weighted by molar-refractivity contribution is 7.92. The SMILES string of the molecule is CN(c1ccc(O)cc1)S(=O)(=O)c1ccc(F)c(CN)c1. The summed E-state index contributed by atoms with van der Waals surface area (Å²) in [6, 6.07) is 9.22. The van der Waals surface area contributed by atoms with Gasteiger partial charge in [0.1, 0.15) is 11.6 Å². The summed E-state index contributed by atoms with van der Waals surface area (Å²) in [7, 11) is -2.44. The molecule has 2 aromatic carbocycles. The van der Waals surface area contributed by atoms with Crippen LogP contribution in [0.25, 0.3) is 0 Å². The Labute approximate surface area is 122 Å². The van der Waals surface area contributed by atoms with E-state index in [0.717, 1.165) is 10.4 Å². The van der Waals surface area contributed by atoms with Gasteiger partial charge in [-0.25, -0.2) is 12.8 Å². The average Bonchev–Trinajstić information content (AvgIpc) is 2.47. The molecule has 2 rings (SSSR count). The number of phenols is 1. The third-order valence-electron chi connectivity index (χ3n) is 3.11. The molecular formula is C14H15FN2O3S. The Bertz CT molecular complexity index is 745. The van der Waals surface area contributed by atoms with Crippen LogP contribution >= 0.6 is 0 Å². The minimum atomic E-state index is -3.82. The van der Waals surface area contributed by atoms with Gasteiger partial charge in [-0.1, -0.05) is 0 Å². The molecule has 0 heterocycles. The second-order valence-corrected chi connectivity index (χ2v) is 6.42. The number of sulfonamides is 1. The van der Waals surface area contributed by atoms with Gasteiger partial charge in [-0.15, -0.1) is 0 Å². The molecule has 0 aliphatic heterocycles. The van der Waals surface area contributed by atoms with Gasteiger partial charge in [0.05, 0.1) is 10.6 Å². The lowest BCUT2D eigenvalue weighted by atomic mass is 10.2. The standard InChI is InChI=1S/C14H15FN2O3S/c1-17(11-2-4-12(18)5-3-11)21(19,20)13-6-7-14(15)10(8-13)9-16/h2-8,18H,9,16H2,1H3. The number of halogens is 1. The Morgan fingerprint density at radius 2 is 1.81 bits per heavy atom. The van der Waals surface area contributed by atoms with Gasteiger partial charge in [-0.05, 0) is 42.5 Å². The van der Waals surface area contributed by atoms with Gasteiger partial charge < -0.3 is 10.8 Å². The summed E-state index contributed by atoms with van der Waals surface area (Å²) >= 11 is 0. The van der Waals surface area contributed by atoms with E-state index in [4.69, 9.17) is 5.73 Å². The van der Waals surface area contributed by atoms with Gasteiger partial charge in [0, 0.05) is 19.2 Å². The van der Waals surface area contributed by atoms with Crippen LogP contribution in [0.2, 0.25) is 0 Å². The molecule has 0 atom stereocenters.